The van der Waals surface area contributed by atoms with Gasteiger partial charge in [0, 0.05) is 13.0 Å². The molecule has 3 nitrogen and oxygen atoms in total. The lowest BCUT2D eigenvalue weighted by molar-refractivity contribution is -0.137. The zero-order valence-electron chi connectivity index (χ0n) is 7.92. The smallest absolute Gasteiger partial charge is 0.147 e. The van der Waals surface area contributed by atoms with Crippen molar-refractivity contribution in [2.75, 3.05) is 26.5 Å². The van der Waals surface area contributed by atoms with Crippen molar-refractivity contribution in [1.29, 1.82) is 0 Å². The van der Waals surface area contributed by atoms with Gasteiger partial charge >= 0.3 is 0 Å². The third-order valence-corrected chi connectivity index (χ3v) is 2.02. The van der Waals surface area contributed by atoms with Crippen molar-refractivity contribution < 1.29 is 9.47 Å². The Morgan fingerprint density at radius 3 is 3.15 bits per heavy atom. The summed E-state index contributed by atoms with van der Waals surface area (Å²) in [6, 6.07) is 0. The minimum absolute atomic E-state index is 0.319. The van der Waals surface area contributed by atoms with Gasteiger partial charge in [0.2, 0.25) is 0 Å². The lowest BCUT2D eigenvalue weighted by Crippen LogP contribution is -2.34. The number of unbranched alkanes of at least 4 members (excludes halogenated alkanes) is 1. The zero-order valence-corrected chi connectivity index (χ0v) is 7.92. The van der Waals surface area contributed by atoms with Crippen LogP contribution in [0.2, 0.25) is 0 Å². The van der Waals surface area contributed by atoms with Gasteiger partial charge in [0.15, 0.2) is 0 Å². The van der Waals surface area contributed by atoms with Crippen LogP contribution >= 0.6 is 0 Å². The molecule has 1 heterocycles. The van der Waals surface area contributed by atoms with Crippen molar-refractivity contribution in [3.05, 3.63) is 0 Å². The first kappa shape index (κ1) is 10.5. The van der Waals surface area contributed by atoms with E-state index in [1.54, 1.807) is 0 Å². The second-order valence-electron chi connectivity index (χ2n) is 3.12. The van der Waals surface area contributed by atoms with Crippen LogP contribution in [-0.2, 0) is 9.47 Å². The van der Waals surface area contributed by atoms with Crippen LogP contribution in [0.3, 0.4) is 0 Å². The minimum atomic E-state index is 0.319. The Labute approximate surface area is 79.8 Å². The second kappa shape index (κ2) is 6.90. The molecule has 1 rings (SSSR count). The summed E-state index contributed by atoms with van der Waals surface area (Å²) in [5.74, 6) is 2.61. The third-order valence-electron chi connectivity index (χ3n) is 2.02. The van der Waals surface area contributed by atoms with Crippen molar-refractivity contribution in [2.24, 2.45) is 0 Å². The molecule has 1 saturated heterocycles. The van der Waals surface area contributed by atoms with Gasteiger partial charge in [0.25, 0.3) is 0 Å². The van der Waals surface area contributed by atoms with Crippen LogP contribution in [0.15, 0.2) is 0 Å². The quantitative estimate of drug-likeness (QED) is 0.504. The molecule has 1 aliphatic heterocycles. The molecule has 0 spiro atoms. The summed E-state index contributed by atoms with van der Waals surface area (Å²) in [7, 11) is 0. The lowest BCUT2D eigenvalue weighted by Gasteiger charge is -2.22. The lowest BCUT2D eigenvalue weighted by atomic mass is 10.2. The van der Waals surface area contributed by atoms with Gasteiger partial charge in [-0.2, -0.15) is 0 Å². The molecule has 1 fully saturated rings. The largest absolute Gasteiger partial charge is 0.355 e. The molecule has 0 bridgehead atoms. The Kier molecular flexibility index (Phi) is 5.59. The third kappa shape index (κ3) is 4.89. The van der Waals surface area contributed by atoms with Crippen molar-refractivity contribution in [2.45, 2.75) is 25.4 Å². The van der Waals surface area contributed by atoms with Gasteiger partial charge in [-0.25, -0.2) is 0 Å². The predicted octanol–water partition coefficient (Wildman–Crippen LogP) is 0.752. The fourth-order valence-electron chi connectivity index (χ4n) is 1.24. The Balaban J connectivity index is 1.90. The fourth-order valence-corrected chi connectivity index (χ4v) is 1.24. The van der Waals surface area contributed by atoms with Gasteiger partial charge in [-0.15, -0.1) is 12.3 Å². The summed E-state index contributed by atoms with van der Waals surface area (Å²) in [6.07, 6.45) is 8.33. The Morgan fingerprint density at radius 2 is 2.46 bits per heavy atom. The molecule has 0 amide bonds. The van der Waals surface area contributed by atoms with Crippen molar-refractivity contribution in [1.82, 2.24) is 5.32 Å². The summed E-state index contributed by atoms with van der Waals surface area (Å²) < 4.78 is 10.4. The molecule has 0 aromatic carbocycles. The Bertz CT molecular complexity index is 159. The summed E-state index contributed by atoms with van der Waals surface area (Å²) in [5, 5.41) is 3.31. The van der Waals surface area contributed by atoms with Crippen LogP contribution < -0.4 is 5.32 Å². The number of terminal acetylenes is 1. The SMILES string of the molecule is C#CCCCNCC1CCOCO1. The highest BCUT2D eigenvalue weighted by atomic mass is 16.7. The van der Waals surface area contributed by atoms with Gasteiger partial charge in [-0.1, -0.05) is 0 Å². The maximum atomic E-state index is 5.36. The first-order valence-electron chi connectivity index (χ1n) is 4.77. The van der Waals surface area contributed by atoms with Crippen LogP contribution in [0.4, 0.5) is 0 Å². The number of hydrogen-bond acceptors (Lipinski definition) is 3. The van der Waals surface area contributed by atoms with Crippen LogP contribution in [0.1, 0.15) is 19.3 Å². The van der Waals surface area contributed by atoms with Crippen molar-refractivity contribution in [3.8, 4) is 12.3 Å². The van der Waals surface area contributed by atoms with E-state index in [2.05, 4.69) is 11.2 Å². The summed E-state index contributed by atoms with van der Waals surface area (Å²) in [4.78, 5) is 0. The summed E-state index contributed by atoms with van der Waals surface area (Å²) in [6.45, 7) is 3.15. The average Bonchev–Trinajstić information content (AvgIpc) is 2.19. The van der Waals surface area contributed by atoms with Gasteiger partial charge < -0.3 is 14.8 Å². The van der Waals surface area contributed by atoms with E-state index in [-0.39, 0.29) is 0 Å². The molecular formula is C10H17NO2. The van der Waals surface area contributed by atoms with E-state index < -0.39 is 0 Å². The van der Waals surface area contributed by atoms with E-state index in [9.17, 15) is 0 Å². The monoisotopic (exact) mass is 183 g/mol. The number of rotatable bonds is 5. The molecule has 0 aromatic rings. The van der Waals surface area contributed by atoms with E-state index >= 15 is 0 Å². The molecule has 13 heavy (non-hydrogen) atoms. The van der Waals surface area contributed by atoms with Gasteiger partial charge in [-0.3, -0.25) is 0 Å². The molecule has 74 valence electrons. The molecule has 0 radical (unpaired) electrons. The highest BCUT2D eigenvalue weighted by Crippen LogP contribution is 2.04. The van der Waals surface area contributed by atoms with Gasteiger partial charge in [0.1, 0.15) is 6.79 Å². The molecule has 0 aliphatic carbocycles. The number of hydrogen-bond donors (Lipinski definition) is 1. The molecule has 0 aromatic heterocycles. The van der Waals surface area contributed by atoms with E-state index in [0.29, 0.717) is 12.9 Å². The maximum absolute atomic E-state index is 5.36. The maximum Gasteiger partial charge on any atom is 0.147 e. The summed E-state index contributed by atoms with van der Waals surface area (Å²) >= 11 is 0. The minimum Gasteiger partial charge on any atom is -0.355 e. The molecule has 1 N–H and O–H groups in total. The molecule has 0 saturated carbocycles. The highest BCUT2D eigenvalue weighted by molar-refractivity contribution is 4.83. The first-order valence-corrected chi connectivity index (χ1v) is 4.77. The topological polar surface area (TPSA) is 30.5 Å². The molecule has 1 atom stereocenters. The van der Waals surface area contributed by atoms with Crippen molar-refractivity contribution >= 4 is 0 Å². The van der Waals surface area contributed by atoms with E-state index in [4.69, 9.17) is 15.9 Å². The van der Waals surface area contributed by atoms with Crippen molar-refractivity contribution in [3.63, 3.8) is 0 Å². The number of nitrogens with one attached hydrogen (secondary N) is 1. The summed E-state index contributed by atoms with van der Waals surface area (Å²) in [5.41, 5.74) is 0. The molecule has 3 heteroatoms. The van der Waals surface area contributed by atoms with E-state index in [1.807, 2.05) is 0 Å². The number of ether oxygens (including phenoxy) is 2. The van der Waals surface area contributed by atoms with Crippen LogP contribution in [0.25, 0.3) is 0 Å². The van der Waals surface area contributed by atoms with E-state index in [0.717, 1.165) is 39.0 Å². The van der Waals surface area contributed by atoms with Crippen LogP contribution in [-0.4, -0.2) is 32.6 Å². The first-order chi connectivity index (χ1) is 6.43. The van der Waals surface area contributed by atoms with Gasteiger partial charge in [-0.05, 0) is 19.4 Å². The average molecular weight is 183 g/mol. The Hall–Kier alpha value is -0.560. The molecule has 1 unspecified atom stereocenters. The normalized spacial score (nSPS) is 22.5. The fraction of sp³-hybridized carbons (Fsp3) is 0.800. The molecule has 1 aliphatic rings. The van der Waals surface area contributed by atoms with E-state index in [1.165, 1.54) is 0 Å². The van der Waals surface area contributed by atoms with Crippen LogP contribution in [0.5, 0.6) is 0 Å². The molecular weight excluding hydrogens is 166 g/mol. The standard InChI is InChI=1S/C10H17NO2/c1-2-3-4-6-11-8-10-5-7-12-9-13-10/h1,10-11H,3-9H2. The predicted molar refractivity (Wildman–Crippen MR) is 51.2 cm³/mol. The Morgan fingerprint density at radius 1 is 1.54 bits per heavy atom. The van der Waals surface area contributed by atoms with Crippen LogP contribution in [0, 0.1) is 12.3 Å². The second-order valence-corrected chi connectivity index (χ2v) is 3.12. The van der Waals surface area contributed by atoms with Gasteiger partial charge in [0.05, 0.1) is 12.7 Å². The zero-order chi connectivity index (χ0) is 9.36. The highest BCUT2D eigenvalue weighted by Gasteiger charge is 2.12.